The van der Waals surface area contributed by atoms with Crippen molar-refractivity contribution in [3.8, 4) is 5.69 Å². The number of hydrogen-bond donors (Lipinski definition) is 1. The number of benzene rings is 2. The van der Waals surface area contributed by atoms with Crippen LogP contribution in [-0.2, 0) is 27.6 Å². The maximum absolute atomic E-state index is 12.5. The van der Waals surface area contributed by atoms with Crippen LogP contribution in [0.15, 0.2) is 59.5 Å². The second kappa shape index (κ2) is 9.97. The normalized spacial score (nSPS) is 12.1. The zero-order valence-electron chi connectivity index (χ0n) is 22.0. The lowest BCUT2D eigenvalue weighted by molar-refractivity contribution is 0.0433. The number of carbonyl (C=O) groups is 1. The van der Waals surface area contributed by atoms with Gasteiger partial charge in [0.05, 0.1) is 4.90 Å². The quantitative estimate of drug-likeness (QED) is 0.353. The summed E-state index contributed by atoms with van der Waals surface area (Å²) in [6.07, 6.45) is 0.141. The van der Waals surface area contributed by atoms with Gasteiger partial charge in [-0.15, -0.1) is 0 Å². The Kier molecular flexibility index (Phi) is 7.10. The maximum atomic E-state index is 12.5. The first-order valence-corrected chi connectivity index (χ1v) is 13.6. The van der Waals surface area contributed by atoms with Crippen LogP contribution in [0, 0.1) is 20.8 Å². The molecule has 9 heteroatoms. The molecule has 0 aliphatic carbocycles. The molecule has 0 aliphatic heterocycles. The van der Waals surface area contributed by atoms with Gasteiger partial charge in [-0.25, -0.2) is 27.9 Å². The van der Waals surface area contributed by atoms with E-state index in [1.165, 1.54) is 12.1 Å². The first-order chi connectivity index (χ1) is 17.4. The Bertz CT molecular complexity index is 1550. The molecule has 2 aromatic carbocycles. The minimum Gasteiger partial charge on any atom is -0.442 e. The molecule has 0 spiro atoms. The van der Waals surface area contributed by atoms with Crippen molar-refractivity contribution >= 4 is 27.3 Å². The highest BCUT2D eigenvalue weighted by Crippen LogP contribution is 2.25. The summed E-state index contributed by atoms with van der Waals surface area (Å²) in [5.74, 6) is 0.930. The molecule has 8 nitrogen and oxygen atoms in total. The van der Waals surface area contributed by atoms with Gasteiger partial charge in [0.15, 0.2) is 5.65 Å². The van der Waals surface area contributed by atoms with Gasteiger partial charge in [0.2, 0.25) is 0 Å². The molecule has 0 unspecified atom stereocenters. The molecule has 0 bridgehead atoms. The number of fused-ring (bicyclic) bond motifs is 1. The fraction of sp³-hybridized carbons (Fsp3) is 0.321. The molecule has 4 aromatic rings. The summed E-state index contributed by atoms with van der Waals surface area (Å²) in [7, 11) is -4.02. The third-order valence-electron chi connectivity index (χ3n) is 6.06. The topological polar surface area (TPSA) is 103 Å². The van der Waals surface area contributed by atoms with E-state index in [1.807, 2.05) is 55.8 Å². The number of imidazole rings is 1. The molecule has 0 radical (unpaired) electrons. The van der Waals surface area contributed by atoms with Gasteiger partial charge in [-0.3, -0.25) is 4.57 Å². The Labute approximate surface area is 217 Å². The van der Waals surface area contributed by atoms with Crippen molar-refractivity contribution in [2.75, 3.05) is 0 Å². The molecule has 2 heterocycles. The second-order valence-corrected chi connectivity index (χ2v) is 11.6. The SMILES string of the molecule is CCc1nc2c(C)cc(C)nc2n1-c1ccc(CC(C)(C)OC(=O)NS(=O)(=O)c2ccc(C)cc2)cc1. The van der Waals surface area contributed by atoms with Crippen LogP contribution in [0.4, 0.5) is 4.79 Å². The summed E-state index contributed by atoms with van der Waals surface area (Å²) in [6.45, 7) is 11.4. The summed E-state index contributed by atoms with van der Waals surface area (Å²) in [5, 5.41) is 0. The molecule has 0 atom stereocenters. The molecule has 194 valence electrons. The van der Waals surface area contributed by atoms with E-state index in [0.29, 0.717) is 6.42 Å². The van der Waals surface area contributed by atoms with Crippen molar-refractivity contribution in [1.82, 2.24) is 19.3 Å². The predicted octanol–water partition coefficient (Wildman–Crippen LogP) is 5.34. The number of nitrogens with one attached hydrogen (secondary N) is 1. The van der Waals surface area contributed by atoms with Crippen molar-refractivity contribution in [2.45, 2.75) is 64.9 Å². The average Bonchev–Trinajstić information content (AvgIpc) is 3.17. The van der Waals surface area contributed by atoms with Gasteiger partial charge in [-0.05, 0) is 76.1 Å². The Morgan fingerprint density at radius 1 is 1.00 bits per heavy atom. The zero-order valence-corrected chi connectivity index (χ0v) is 22.8. The van der Waals surface area contributed by atoms with E-state index < -0.39 is 21.7 Å². The van der Waals surface area contributed by atoms with Gasteiger partial charge in [-0.1, -0.05) is 36.8 Å². The highest BCUT2D eigenvalue weighted by atomic mass is 32.2. The smallest absolute Gasteiger partial charge is 0.421 e. The number of ether oxygens (including phenoxy) is 1. The number of carbonyl (C=O) groups excluding carboxylic acids is 1. The van der Waals surface area contributed by atoms with Crippen molar-refractivity contribution in [1.29, 1.82) is 0 Å². The third kappa shape index (κ3) is 5.83. The highest BCUT2D eigenvalue weighted by Gasteiger charge is 2.27. The maximum Gasteiger partial charge on any atom is 0.421 e. The average molecular weight is 521 g/mol. The number of aryl methyl sites for hydroxylation is 4. The molecular formula is C28H32N4O4S. The summed E-state index contributed by atoms with van der Waals surface area (Å²) >= 11 is 0. The molecule has 2 aromatic heterocycles. The molecule has 4 rings (SSSR count). The molecule has 0 aliphatic rings. The predicted molar refractivity (Wildman–Crippen MR) is 143 cm³/mol. The van der Waals surface area contributed by atoms with Gasteiger partial charge in [0.25, 0.3) is 10.0 Å². The summed E-state index contributed by atoms with van der Waals surface area (Å²) < 4.78 is 34.6. The van der Waals surface area contributed by atoms with Crippen LogP contribution in [0.1, 0.15) is 49.0 Å². The monoisotopic (exact) mass is 520 g/mol. The van der Waals surface area contributed by atoms with Crippen molar-refractivity contribution in [3.05, 3.63) is 82.8 Å². The van der Waals surface area contributed by atoms with E-state index in [2.05, 4.69) is 11.5 Å². The number of aromatic nitrogens is 3. The molecule has 37 heavy (non-hydrogen) atoms. The van der Waals surface area contributed by atoms with Crippen LogP contribution in [-0.4, -0.2) is 34.6 Å². The largest absolute Gasteiger partial charge is 0.442 e. The molecule has 1 N–H and O–H groups in total. The van der Waals surface area contributed by atoms with Crippen LogP contribution in [0.3, 0.4) is 0 Å². The Balaban J connectivity index is 1.49. The molecular weight excluding hydrogens is 488 g/mol. The molecule has 0 saturated carbocycles. The summed E-state index contributed by atoms with van der Waals surface area (Å²) in [4.78, 5) is 22.0. The molecule has 1 amide bonds. The first-order valence-electron chi connectivity index (χ1n) is 12.2. The Morgan fingerprint density at radius 3 is 2.27 bits per heavy atom. The van der Waals surface area contributed by atoms with E-state index >= 15 is 0 Å². The number of nitrogens with zero attached hydrogens (tertiary/aromatic N) is 3. The molecule has 0 saturated heterocycles. The number of sulfonamides is 1. The van der Waals surface area contributed by atoms with E-state index in [4.69, 9.17) is 14.7 Å². The Hall–Kier alpha value is -3.72. The van der Waals surface area contributed by atoms with Crippen LogP contribution in [0.2, 0.25) is 0 Å². The Morgan fingerprint density at radius 2 is 1.65 bits per heavy atom. The highest BCUT2D eigenvalue weighted by molar-refractivity contribution is 7.90. The standard InChI is InChI=1S/C28H32N4O4S/c1-7-24-30-25-19(3)16-20(4)29-26(25)32(24)22-12-10-21(11-13-22)17-28(5,6)36-27(33)31-37(34,35)23-14-8-18(2)9-15-23/h8-16H,7,17H2,1-6H3,(H,31,33). The molecule has 0 fully saturated rings. The fourth-order valence-electron chi connectivity index (χ4n) is 4.36. The van der Waals surface area contributed by atoms with Crippen molar-refractivity contribution in [3.63, 3.8) is 0 Å². The second-order valence-electron chi connectivity index (χ2n) is 9.88. The van der Waals surface area contributed by atoms with E-state index in [1.54, 1.807) is 26.0 Å². The number of pyridine rings is 1. The van der Waals surface area contributed by atoms with Crippen LogP contribution >= 0.6 is 0 Å². The van der Waals surface area contributed by atoms with Crippen molar-refractivity contribution in [2.24, 2.45) is 0 Å². The van der Waals surface area contributed by atoms with Crippen LogP contribution in [0.5, 0.6) is 0 Å². The fourth-order valence-corrected chi connectivity index (χ4v) is 5.24. The van der Waals surface area contributed by atoms with Crippen LogP contribution in [0.25, 0.3) is 16.9 Å². The van der Waals surface area contributed by atoms with E-state index in [0.717, 1.165) is 51.5 Å². The van der Waals surface area contributed by atoms with Gasteiger partial charge in [0, 0.05) is 24.2 Å². The summed E-state index contributed by atoms with van der Waals surface area (Å²) in [5.41, 5.74) is 5.61. The number of rotatable bonds is 7. The van der Waals surface area contributed by atoms with Gasteiger partial charge in [0.1, 0.15) is 16.9 Å². The minimum absolute atomic E-state index is 0.00166. The number of amides is 1. The minimum atomic E-state index is -4.02. The lowest BCUT2D eigenvalue weighted by Crippen LogP contribution is -2.38. The lowest BCUT2D eigenvalue weighted by atomic mass is 9.98. The van der Waals surface area contributed by atoms with E-state index in [9.17, 15) is 13.2 Å². The third-order valence-corrected chi connectivity index (χ3v) is 7.39. The van der Waals surface area contributed by atoms with Gasteiger partial charge < -0.3 is 4.74 Å². The number of hydrogen-bond acceptors (Lipinski definition) is 6. The lowest BCUT2D eigenvalue weighted by Gasteiger charge is -2.25. The summed E-state index contributed by atoms with van der Waals surface area (Å²) in [6, 6.07) is 16.2. The zero-order chi connectivity index (χ0) is 27.0. The van der Waals surface area contributed by atoms with Crippen molar-refractivity contribution < 1.29 is 17.9 Å². The van der Waals surface area contributed by atoms with Gasteiger partial charge >= 0.3 is 6.09 Å². The van der Waals surface area contributed by atoms with E-state index in [-0.39, 0.29) is 4.90 Å². The van der Waals surface area contributed by atoms with Gasteiger partial charge in [-0.2, -0.15) is 0 Å². The van der Waals surface area contributed by atoms with Crippen LogP contribution < -0.4 is 4.72 Å². The first kappa shape index (κ1) is 26.3.